The molecule has 0 fully saturated rings. The molecule has 3 nitrogen and oxygen atoms in total. The highest BCUT2D eigenvalue weighted by Gasteiger charge is 2.06. The molecule has 1 N–H and O–H groups in total. The molecule has 0 saturated carbocycles. The predicted molar refractivity (Wildman–Crippen MR) is 61.8 cm³/mol. The van der Waals surface area contributed by atoms with Crippen LogP contribution >= 0.6 is 0 Å². The van der Waals surface area contributed by atoms with Gasteiger partial charge >= 0.3 is 0 Å². The number of hydrogen-bond acceptors (Lipinski definition) is 2. The number of nitrogens with one attached hydrogen (secondary N) is 1. The first kappa shape index (κ1) is 11.1. The largest absolute Gasteiger partial charge is 0.374 e. The second-order valence-corrected chi connectivity index (χ2v) is 3.33. The van der Waals surface area contributed by atoms with E-state index >= 15 is 0 Å². The lowest BCUT2D eigenvalue weighted by Gasteiger charge is -2.10. The third kappa shape index (κ3) is 3.03. The van der Waals surface area contributed by atoms with E-state index in [4.69, 9.17) is 6.42 Å². The van der Waals surface area contributed by atoms with Gasteiger partial charge in [0.05, 0.1) is 6.54 Å². The lowest BCUT2D eigenvalue weighted by Crippen LogP contribution is -2.21. The van der Waals surface area contributed by atoms with Crippen molar-refractivity contribution in [1.29, 1.82) is 0 Å². The van der Waals surface area contributed by atoms with Crippen molar-refractivity contribution in [3.05, 3.63) is 29.8 Å². The van der Waals surface area contributed by atoms with Gasteiger partial charge in [-0.15, -0.1) is 6.42 Å². The zero-order chi connectivity index (χ0) is 11.3. The van der Waals surface area contributed by atoms with Crippen LogP contribution in [0, 0.1) is 12.3 Å². The maximum absolute atomic E-state index is 11.5. The summed E-state index contributed by atoms with van der Waals surface area (Å²) in [5.41, 5.74) is 1.59. The fourth-order valence-corrected chi connectivity index (χ4v) is 1.14. The molecule has 1 aromatic rings. The molecule has 0 bridgehead atoms. The topological polar surface area (TPSA) is 32.3 Å². The van der Waals surface area contributed by atoms with E-state index in [2.05, 4.69) is 11.2 Å². The van der Waals surface area contributed by atoms with Gasteiger partial charge in [-0.1, -0.05) is 5.92 Å². The zero-order valence-corrected chi connectivity index (χ0v) is 8.95. The van der Waals surface area contributed by atoms with Crippen molar-refractivity contribution in [2.75, 3.05) is 26.0 Å². The molecule has 1 amide bonds. The number of amides is 1. The van der Waals surface area contributed by atoms with Crippen LogP contribution in [0.2, 0.25) is 0 Å². The molecule has 78 valence electrons. The molecule has 0 aliphatic carbocycles. The van der Waals surface area contributed by atoms with E-state index in [1.165, 1.54) is 0 Å². The van der Waals surface area contributed by atoms with Crippen LogP contribution in [0.4, 0.5) is 5.69 Å². The van der Waals surface area contributed by atoms with E-state index in [1.807, 2.05) is 12.1 Å². The van der Waals surface area contributed by atoms with E-state index in [9.17, 15) is 4.79 Å². The molecule has 0 aromatic heterocycles. The molecular formula is C12H14N2O. The van der Waals surface area contributed by atoms with Crippen LogP contribution in [0.25, 0.3) is 0 Å². The number of benzene rings is 1. The van der Waals surface area contributed by atoms with Crippen molar-refractivity contribution in [2.45, 2.75) is 0 Å². The van der Waals surface area contributed by atoms with Gasteiger partial charge in [-0.2, -0.15) is 0 Å². The van der Waals surface area contributed by atoms with E-state index in [-0.39, 0.29) is 5.91 Å². The first-order valence-electron chi connectivity index (χ1n) is 4.64. The molecule has 0 aliphatic rings. The number of hydrogen-bond donors (Lipinski definition) is 1. The van der Waals surface area contributed by atoms with Crippen LogP contribution in [0.3, 0.4) is 0 Å². The summed E-state index contributed by atoms with van der Waals surface area (Å²) in [4.78, 5) is 13.1. The average Bonchev–Trinajstić information content (AvgIpc) is 2.26. The van der Waals surface area contributed by atoms with Crippen molar-refractivity contribution in [3.63, 3.8) is 0 Å². The standard InChI is InChI=1S/C12H14N2O/c1-4-9-13-11-7-5-10(6-8-11)12(15)14(2)3/h1,5-8,13H,9H2,2-3H3. The molecule has 1 aromatic carbocycles. The quantitative estimate of drug-likeness (QED) is 0.752. The van der Waals surface area contributed by atoms with Gasteiger partial charge in [0, 0.05) is 25.3 Å². The Bertz CT molecular complexity index is 374. The number of nitrogens with zero attached hydrogens (tertiary/aromatic N) is 1. The molecule has 15 heavy (non-hydrogen) atoms. The van der Waals surface area contributed by atoms with Crippen molar-refractivity contribution < 1.29 is 4.79 Å². The summed E-state index contributed by atoms with van der Waals surface area (Å²) in [6, 6.07) is 7.24. The highest BCUT2D eigenvalue weighted by molar-refractivity contribution is 5.94. The van der Waals surface area contributed by atoms with Gasteiger partial charge in [-0.05, 0) is 24.3 Å². The second-order valence-electron chi connectivity index (χ2n) is 3.33. The first-order chi connectivity index (χ1) is 7.15. The average molecular weight is 202 g/mol. The van der Waals surface area contributed by atoms with Gasteiger partial charge in [-0.25, -0.2) is 0 Å². The Morgan fingerprint density at radius 1 is 1.40 bits per heavy atom. The van der Waals surface area contributed by atoms with Crippen LogP contribution in [0.15, 0.2) is 24.3 Å². The highest BCUT2D eigenvalue weighted by atomic mass is 16.2. The third-order valence-electron chi connectivity index (χ3n) is 1.93. The molecule has 1 rings (SSSR count). The Morgan fingerprint density at radius 2 is 2.00 bits per heavy atom. The fraction of sp³-hybridized carbons (Fsp3) is 0.250. The lowest BCUT2D eigenvalue weighted by molar-refractivity contribution is 0.0827. The Labute approximate surface area is 90.1 Å². The molecular weight excluding hydrogens is 188 g/mol. The van der Waals surface area contributed by atoms with Crippen molar-refractivity contribution in [3.8, 4) is 12.3 Å². The summed E-state index contributed by atoms with van der Waals surface area (Å²) in [6.45, 7) is 0.487. The Morgan fingerprint density at radius 3 is 2.47 bits per heavy atom. The van der Waals surface area contributed by atoms with Crippen LogP contribution < -0.4 is 5.32 Å². The molecule has 0 aliphatic heterocycles. The van der Waals surface area contributed by atoms with E-state index < -0.39 is 0 Å². The molecule has 0 radical (unpaired) electrons. The number of carbonyl (C=O) groups is 1. The van der Waals surface area contributed by atoms with Gasteiger partial charge in [0.15, 0.2) is 0 Å². The molecule has 3 heteroatoms. The molecule has 0 saturated heterocycles. The smallest absolute Gasteiger partial charge is 0.253 e. The minimum absolute atomic E-state index is 0.00139. The van der Waals surface area contributed by atoms with Gasteiger partial charge in [-0.3, -0.25) is 4.79 Å². The molecule has 0 atom stereocenters. The van der Waals surface area contributed by atoms with Crippen molar-refractivity contribution in [1.82, 2.24) is 4.90 Å². The number of rotatable bonds is 3. The highest BCUT2D eigenvalue weighted by Crippen LogP contribution is 2.10. The Hall–Kier alpha value is -1.95. The monoisotopic (exact) mass is 202 g/mol. The summed E-state index contributed by atoms with van der Waals surface area (Å²) < 4.78 is 0. The number of carbonyl (C=O) groups excluding carboxylic acids is 1. The van der Waals surface area contributed by atoms with Gasteiger partial charge in [0.2, 0.25) is 0 Å². The number of terminal acetylenes is 1. The summed E-state index contributed by atoms with van der Waals surface area (Å²) in [5, 5.41) is 3.03. The van der Waals surface area contributed by atoms with E-state index in [0.29, 0.717) is 12.1 Å². The summed E-state index contributed by atoms with van der Waals surface area (Å²) in [6.07, 6.45) is 5.12. The van der Waals surface area contributed by atoms with Gasteiger partial charge in [0.25, 0.3) is 5.91 Å². The minimum Gasteiger partial charge on any atom is -0.374 e. The zero-order valence-electron chi connectivity index (χ0n) is 8.95. The maximum atomic E-state index is 11.5. The maximum Gasteiger partial charge on any atom is 0.253 e. The molecule has 0 unspecified atom stereocenters. The van der Waals surface area contributed by atoms with Gasteiger partial charge < -0.3 is 10.2 Å². The molecule has 0 spiro atoms. The third-order valence-corrected chi connectivity index (χ3v) is 1.93. The summed E-state index contributed by atoms with van der Waals surface area (Å²) in [7, 11) is 3.46. The normalized spacial score (nSPS) is 9.13. The Balaban J connectivity index is 2.73. The predicted octanol–water partition coefficient (Wildman–Crippen LogP) is 1.43. The summed E-state index contributed by atoms with van der Waals surface area (Å²) >= 11 is 0. The lowest BCUT2D eigenvalue weighted by atomic mass is 10.2. The number of anilines is 1. The van der Waals surface area contributed by atoms with Crippen LogP contribution in [-0.4, -0.2) is 31.4 Å². The van der Waals surface area contributed by atoms with Crippen molar-refractivity contribution >= 4 is 11.6 Å². The fourth-order valence-electron chi connectivity index (χ4n) is 1.14. The Kier molecular flexibility index (Phi) is 3.75. The van der Waals surface area contributed by atoms with Crippen LogP contribution in [0.1, 0.15) is 10.4 Å². The first-order valence-corrected chi connectivity index (χ1v) is 4.64. The summed E-state index contributed by atoms with van der Waals surface area (Å²) in [5.74, 6) is 2.48. The minimum atomic E-state index is -0.00139. The van der Waals surface area contributed by atoms with E-state index in [1.54, 1.807) is 31.1 Å². The van der Waals surface area contributed by atoms with Crippen LogP contribution in [-0.2, 0) is 0 Å². The van der Waals surface area contributed by atoms with Crippen molar-refractivity contribution in [2.24, 2.45) is 0 Å². The molecule has 0 heterocycles. The van der Waals surface area contributed by atoms with E-state index in [0.717, 1.165) is 5.69 Å². The SMILES string of the molecule is C#CCNc1ccc(C(=O)N(C)C)cc1. The second kappa shape index (κ2) is 5.06. The van der Waals surface area contributed by atoms with Gasteiger partial charge in [0.1, 0.15) is 0 Å². The van der Waals surface area contributed by atoms with Crippen LogP contribution in [0.5, 0.6) is 0 Å².